The SMILES string of the molecule is CCOc1nc(NC)nc(Nc2ccccc2C(C)C)n1. The van der Waals surface area contributed by atoms with E-state index in [2.05, 4.69) is 45.5 Å². The van der Waals surface area contributed by atoms with Crippen LogP contribution in [0.15, 0.2) is 24.3 Å². The Morgan fingerprint density at radius 3 is 2.48 bits per heavy atom. The minimum atomic E-state index is 0.307. The van der Waals surface area contributed by atoms with Crippen molar-refractivity contribution in [3.05, 3.63) is 29.8 Å². The van der Waals surface area contributed by atoms with Crippen LogP contribution in [0.2, 0.25) is 0 Å². The zero-order valence-corrected chi connectivity index (χ0v) is 12.8. The van der Waals surface area contributed by atoms with Gasteiger partial charge in [-0.2, -0.15) is 15.0 Å². The fraction of sp³-hybridized carbons (Fsp3) is 0.400. The van der Waals surface area contributed by atoms with Crippen LogP contribution in [0.1, 0.15) is 32.3 Å². The number of hydrogen-bond acceptors (Lipinski definition) is 6. The van der Waals surface area contributed by atoms with E-state index in [1.807, 2.05) is 25.1 Å². The molecule has 0 fully saturated rings. The van der Waals surface area contributed by atoms with E-state index in [1.165, 1.54) is 5.56 Å². The average molecular weight is 287 g/mol. The van der Waals surface area contributed by atoms with Gasteiger partial charge in [-0.15, -0.1) is 0 Å². The van der Waals surface area contributed by atoms with Gasteiger partial charge in [0.15, 0.2) is 0 Å². The van der Waals surface area contributed by atoms with Gasteiger partial charge < -0.3 is 15.4 Å². The molecule has 0 amide bonds. The number of anilines is 3. The lowest BCUT2D eigenvalue weighted by molar-refractivity contribution is 0.312. The number of nitrogens with one attached hydrogen (secondary N) is 2. The second-order valence-electron chi connectivity index (χ2n) is 4.82. The van der Waals surface area contributed by atoms with Crippen LogP contribution < -0.4 is 15.4 Å². The molecular weight excluding hydrogens is 266 g/mol. The minimum Gasteiger partial charge on any atom is -0.464 e. The Labute approximate surface area is 125 Å². The van der Waals surface area contributed by atoms with Crippen LogP contribution in [-0.2, 0) is 0 Å². The molecule has 0 spiro atoms. The summed E-state index contributed by atoms with van der Waals surface area (Å²) in [6.45, 7) is 6.70. The second-order valence-corrected chi connectivity index (χ2v) is 4.82. The van der Waals surface area contributed by atoms with Crippen LogP contribution in [0.3, 0.4) is 0 Å². The van der Waals surface area contributed by atoms with Gasteiger partial charge in [0.2, 0.25) is 11.9 Å². The number of nitrogens with zero attached hydrogens (tertiary/aromatic N) is 3. The summed E-state index contributed by atoms with van der Waals surface area (Å²) >= 11 is 0. The van der Waals surface area contributed by atoms with Crippen molar-refractivity contribution in [2.75, 3.05) is 24.3 Å². The van der Waals surface area contributed by atoms with Crippen LogP contribution in [0, 0.1) is 0 Å². The Morgan fingerprint density at radius 2 is 1.81 bits per heavy atom. The van der Waals surface area contributed by atoms with E-state index in [4.69, 9.17) is 4.74 Å². The molecule has 21 heavy (non-hydrogen) atoms. The molecule has 1 heterocycles. The summed E-state index contributed by atoms with van der Waals surface area (Å²) in [6, 6.07) is 8.42. The zero-order chi connectivity index (χ0) is 15.2. The summed E-state index contributed by atoms with van der Waals surface area (Å²) in [5.41, 5.74) is 2.20. The number of rotatable bonds is 6. The van der Waals surface area contributed by atoms with E-state index in [-0.39, 0.29) is 0 Å². The van der Waals surface area contributed by atoms with Crippen molar-refractivity contribution in [1.29, 1.82) is 0 Å². The fourth-order valence-corrected chi connectivity index (χ4v) is 1.95. The fourth-order valence-electron chi connectivity index (χ4n) is 1.95. The Morgan fingerprint density at radius 1 is 1.10 bits per heavy atom. The lowest BCUT2D eigenvalue weighted by Crippen LogP contribution is -2.08. The lowest BCUT2D eigenvalue weighted by atomic mass is 10.0. The molecule has 1 aromatic heterocycles. The number of para-hydroxylation sites is 1. The van der Waals surface area contributed by atoms with Gasteiger partial charge in [0, 0.05) is 12.7 Å². The van der Waals surface area contributed by atoms with Crippen molar-refractivity contribution < 1.29 is 4.74 Å². The van der Waals surface area contributed by atoms with Crippen LogP contribution in [0.5, 0.6) is 6.01 Å². The third-order valence-electron chi connectivity index (χ3n) is 2.94. The molecular formula is C15H21N5O. The van der Waals surface area contributed by atoms with Gasteiger partial charge in [0.25, 0.3) is 0 Å². The number of benzene rings is 1. The number of aromatic nitrogens is 3. The molecule has 0 unspecified atom stereocenters. The molecule has 6 heteroatoms. The maximum absolute atomic E-state index is 5.36. The molecule has 0 bridgehead atoms. The van der Waals surface area contributed by atoms with Gasteiger partial charge in [-0.25, -0.2) is 0 Å². The highest BCUT2D eigenvalue weighted by Crippen LogP contribution is 2.26. The quantitative estimate of drug-likeness (QED) is 0.850. The smallest absolute Gasteiger partial charge is 0.323 e. The summed E-state index contributed by atoms with van der Waals surface area (Å²) in [6.07, 6.45) is 0. The van der Waals surface area contributed by atoms with Gasteiger partial charge in [-0.1, -0.05) is 32.0 Å². The molecule has 2 rings (SSSR count). The van der Waals surface area contributed by atoms with Crippen molar-refractivity contribution >= 4 is 17.6 Å². The topological polar surface area (TPSA) is 72.0 Å². The summed E-state index contributed by atoms with van der Waals surface area (Å²) in [4.78, 5) is 12.7. The van der Waals surface area contributed by atoms with Crippen molar-refractivity contribution in [3.8, 4) is 6.01 Å². The third kappa shape index (κ3) is 3.81. The Bertz CT molecular complexity index is 600. The lowest BCUT2D eigenvalue weighted by Gasteiger charge is -2.14. The first-order valence-corrected chi connectivity index (χ1v) is 7.06. The minimum absolute atomic E-state index is 0.307. The normalized spacial score (nSPS) is 10.5. The summed E-state index contributed by atoms with van der Waals surface area (Å²) in [5, 5.41) is 6.15. The molecule has 1 aromatic carbocycles. The van der Waals surface area contributed by atoms with Gasteiger partial charge in [-0.05, 0) is 24.5 Å². The molecule has 2 aromatic rings. The Hall–Kier alpha value is -2.37. The molecule has 112 valence electrons. The van der Waals surface area contributed by atoms with Gasteiger partial charge in [0.05, 0.1) is 6.61 Å². The van der Waals surface area contributed by atoms with Crippen molar-refractivity contribution in [1.82, 2.24) is 15.0 Å². The van der Waals surface area contributed by atoms with Gasteiger partial charge >= 0.3 is 6.01 Å². The van der Waals surface area contributed by atoms with E-state index in [9.17, 15) is 0 Å². The maximum atomic E-state index is 5.36. The van der Waals surface area contributed by atoms with Crippen LogP contribution >= 0.6 is 0 Å². The predicted molar refractivity (Wildman–Crippen MR) is 84.4 cm³/mol. The van der Waals surface area contributed by atoms with E-state index in [1.54, 1.807) is 7.05 Å². The van der Waals surface area contributed by atoms with Gasteiger partial charge in [0.1, 0.15) is 0 Å². The third-order valence-corrected chi connectivity index (χ3v) is 2.94. The first-order chi connectivity index (χ1) is 10.1. The van der Waals surface area contributed by atoms with Crippen molar-refractivity contribution in [2.45, 2.75) is 26.7 Å². The highest BCUT2D eigenvalue weighted by molar-refractivity contribution is 5.60. The van der Waals surface area contributed by atoms with Crippen LogP contribution in [0.25, 0.3) is 0 Å². The van der Waals surface area contributed by atoms with E-state index < -0.39 is 0 Å². The van der Waals surface area contributed by atoms with Gasteiger partial charge in [-0.3, -0.25) is 0 Å². The molecule has 0 aliphatic heterocycles. The van der Waals surface area contributed by atoms with Crippen molar-refractivity contribution in [3.63, 3.8) is 0 Å². The van der Waals surface area contributed by atoms with E-state index in [0.717, 1.165) is 5.69 Å². The largest absolute Gasteiger partial charge is 0.464 e. The highest BCUT2D eigenvalue weighted by atomic mass is 16.5. The molecule has 0 radical (unpaired) electrons. The first kappa shape index (κ1) is 15.0. The molecule has 2 N–H and O–H groups in total. The highest BCUT2D eigenvalue weighted by Gasteiger charge is 2.10. The molecule has 0 aliphatic carbocycles. The Kier molecular flexibility index (Phi) is 4.92. The second kappa shape index (κ2) is 6.88. The molecule has 0 saturated carbocycles. The average Bonchev–Trinajstić information content (AvgIpc) is 2.47. The zero-order valence-electron chi connectivity index (χ0n) is 12.8. The standard InChI is InChI=1S/C15H21N5O/c1-5-21-15-19-13(16-4)18-14(20-15)17-12-9-7-6-8-11(12)10(2)3/h6-10H,5H2,1-4H3,(H2,16,17,18,19,20). The molecule has 0 saturated heterocycles. The molecule has 0 atom stereocenters. The van der Waals surface area contributed by atoms with Crippen LogP contribution in [0.4, 0.5) is 17.6 Å². The molecule has 6 nitrogen and oxygen atoms in total. The number of hydrogen-bond donors (Lipinski definition) is 2. The first-order valence-electron chi connectivity index (χ1n) is 7.06. The monoisotopic (exact) mass is 287 g/mol. The summed E-state index contributed by atoms with van der Waals surface area (Å²) in [5.74, 6) is 1.34. The van der Waals surface area contributed by atoms with E-state index in [0.29, 0.717) is 30.4 Å². The maximum Gasteiger partial charge on any atom is 0.323 e. The van der Waals surface area contributed by atoms with Crippen LogP contribution in [-0.4, -0.2) is 28.6 Å². The summed E-state index contributed by atoms with van der Waals surface area (Å²) < 4.78 is 5.36. The molecule has 0 aliphatic rings. The number of ether oxygens (including phenoxy) is 1. The predicted octanol–water partition coefficient (Wildman–Crippen LogP) is 3.18. The Balaban J connectivity index is 2.32. The summed E-state index contributed by atoms with van der Waals surface area (Å²) in [7, 11) is 1.76. The van der Waals surface area contributed by atoms with E-state index >= 15 is 0 Å². The van der Waals surface area contributed by atoms with Crippen molar-refractivity contribution in [2.24, 2.45) is 0 Å².